The molecule has 2 saturated heterocycles. The van der Waals surface area contributed by atoms with E-state index in [1.54, 1.807) is 23.4 Å². The van der Waals surface area contributed by atoms with Gasteiger partial charge in [0.15, 0.2) is 5.82 Å². The van der Waals surface area contributed by atoms with E-state index in [1.807, 2.05) is 32.9 Å². The molecule has 0 aromatic carbocycles. The lowest BCUT2D eigenvalue weighted by atomic mass is 10.0. The summed E-state index contributed by atoms with van der Waals surface area (Å²) < 4.78 is 10.9. The van der Waals surface area contributed by atoms with Gasteiger partial charge in [-0.1, -0.05) is 0 Å². The molecule has 10 heteroatoms. The first-order valence-electron chi connectivity index (χ1n) is 11.7. The molecule has 2 aromatic rings. The molecule has 4 rings (SSSR count). The van der Waals surface area contributed by atoms with Gasteiger partial charge in [0.2, 0.25) is 0 Å². The summed E-state index contributed by atoms with van der Waals surface area (Å²) in [6.45, 7) is 9.76. The lowest BCUT2D eigenvalue weighted by Crippen LogP contribution is -2.37. The molecular formula is C24H33N7O3. The summed E-state index contributed by atoms with van der Waals surface area (Å²) in [5.41, 5.74) is 7.96. The lowest BCUT2D eigenvalue weighted by molar-refractivity contribution is 0.0288. The van der Waals surface area contributed by atoms with E-state index in [2.05, 4.69) is 24.8 Å². The van der Waals surface area contributed by atoms with Crippen molar-refractivity contribution in [3.63, 3.8) is 0 Å². The van der Waals surface area contributed by atoms with Gasteiger partial charge in [-0.3, -0.25) is 4.98 Å². The first kappa shape index (κ1) is 23.9. The molecule has 2 aliphatic heterocycles. The van der Waals surface area contributed by atoms with Crippen molar-refractivity contribution >= 4 is 35.1 Å². The molecule has 10 nitrogen and oxygen atoms in total. The molecule has 2 aromatic heterocycles. The van der Waals surface area contributed by atoms with E-state index in [0.717, 1.165) is 36.4 Å². The highest BCUT2D eigenvalue weighted by atomic mass is 16.6. The minimum absolute atomic E-state index is 0.266. The second-order valence-corrected chi connectivity index (χ2v) is 9.62. The molecule has 1 unspecified atom stereocenters. The third-order valence-electron chi connectivity index (χ3n) is 5.68. The minimum atomic E-state index is -0.493. The highest BCUT2D eigenvalue weighted by Gasteiger charge is 2.29. The van der Waals surface area contributed by atoms with E-state index in [4.69, 9.17) is 15.2 Å². The molecule has 2 fully saturated rings. The monoisotopic (exact) mass is 467 g/mol. The molecule has 4 heterocycles. The SMILES string of the molecule is CC(C)(C)OC(=O)N1CCC(CC(N)=CC=Nc2nc(N3CCOCC3)c3ncccc3n2)C1. The first-order valence-corrected chi connectivity index (χ1v) is 11.7. The molecule has 0 spiro atoms. The normalized spacial score (nSPS) is 19.9. The van der Waals surface area contributed by atoms with Crippen LogP contribution in [0.1, 0.15) is 33.6 Å². The number of ether oxygens (including phenoxy) is 2. The number of rotatable bonds is 5. The second kappa shape index (κ2) is 10.3. The third kappa shape index (κ3) is 6.19. The van der Waals surface area contributed by atoms with Crippen LogP contribution in [0.15, 0.2) is 35.1 Å². The van der Waals surface area contributed by atoms with Crippen molar-refractivity contribution in [2.75, 3.05) is 44.3 Å². The minimum Gasteiger partial charge on any atom is -0.444 e. The van der Waals surface area contributed by atoms with E-state index in [0.29, 0.717) is 50.3 Å². The molecule has 2 aliphatic rings. The van der Waals surface area contributed by atoms with Crippen molar-refractivity contribution in [1.82, 2.24) is 19.9 Å². The zero-order valence-corrected chi connectivity index (χ0v) is 20.1. The van der Waals surface area contributed by atoms with Crippen LogP contribution in [0.25, 0.3) is 11.0 Å². The zero-order valence-electron chi connectivity index (χ0n) is 20.1. The van der Waals surface area contributed by atoms with Gasteiger partial charge in [0.05, 0.1) is 18.7 Å². The standard InChI is InChI=1S/C24H33N7O3/c1-24(2,3)34-23(32)31-10-7-17(16-31)15-18(25)6-9-27-22-28-19-5-4-8-26-20(19)21(29-22)30-11-13-33-14-12-30/h4-6,8-9,17H,7,10-16,25H2,1-3H3. The number of morpholine rings is 1. The summed E-state index contributed by atoms with van der Waals surface area (Å²) in [5, 5.41) is 0. The van der Waals surface area contributed by atoms with E-state index < -0.39 is 5.60 Å². The van der Waals surface area contributed by atoms with Crippen molar-refractivity contribution in [3.05, 3.63) is 30.1 Å². The van der Waals surface area contributed by atoms with Crippen molar-refractivity contribution in [2.45, 2.75) is 39.2 Å². The smallest absolute Gasteiger partial charge is 0.410 e. The molecule has 1 amide bonds. The number of amides is 1. The average Bonchev–Trinajstić information content (AvgIpc) is 3.27. The van der Waals surface area contributed by atoms with Crippen LogP contribution in [0.4, 0.5) is 16.6 Å². The van der Waals surface area contributed by atoms with Gasteiger partial charge < -0.3 is 25.0 Å². The number of hydrogen-bond donors (Lipinski definition) is 1. The van der Waals surface area contributed by atoms with Crippen molar-refractivity contribution in [1.29, 1.82) is 0 Å². The number of anilines is 1. The topological polar surface area (TPSA) is 119 Å². The van der Waals surface area contributed by atoms with Crippen LogP contribution in [0.2, 0.25) is 0 Å². The Bertz CT molecular complexity index is 1070. The molecular weight excluding hydrogens is 434 g/mol. The highest BCUT2D eigenvalue weighted by Crippen LogP contribution is 2.26. The summed E-state index contributed by atoms with van der Waals surface area (Å²) >= 11 is 0. The van der Waals surface area contributed by atoms with Crippen molar-refractivity contribution in [2.24, 2.45) is 16.6 Å². The summed E-state index contributed by atoms with van der Waals surface area (Å²) in [4.78, 5) is 34.3. The van der Waals surface area contributed by atoms with Gasteiger partial charge >= 0.3 is 6.09 Å². The van der Waals surface area contributed by atoms with E-state index in [9.17, 15) is 4.79 Å². The maximum absolute atomic E-state index is 12.3. The molecule has 0 bridgehead atoms. The number of nitrogens with two attached hydrogens (primary N) is 1. The molecule has 0 saturated carbocycles. The van der Waals surface area contributed by atoms with E-state index in [1.165, 1.54) is 0 Å². The summed E-state index contributed by atoms with van der Waals surface area (Å²) in [7, 11) is 0. The molecule has 0 aliphatic carbocycles. The Morgan fingerprint density at radius 1 is 1.29 bits per heavy atom. The quantitative estimate of drug-likeness (QED) is 0.667. The Morgan fingerprint density at radius 3 is 2.85 bits per heavy atom. The van der Waals surface area contributed by atoms with Gasteiger partial charge in [-0.2, -0.15) is 4.98 Å². The Labute approximate surface area is 199 Å². The van der Waals surface area contributed by atoms with Gasteiger partial charge in [-0.25, -0.2) is 14.8 Å². The molecule has 1 atom stereocenters. The number of carbonyl (C=O) groups is 1. The largest absolute Gasteiger partial charge is 0.444 e. The van der Waals surface area contributed by atoms with Gasteiger partial charge in [-0.15, -0.1) is 0 Å². The van der Waals surface area contributed by atoms with Crippen LogP contribution in [-0.4, -0.2) is 77.2 Å². The number of allylic oxidation sites excluding steroid dienone is 2. The van der Waals surface area contributed by atoms with Crippen LogP contribution in [0.3, 0.4) is 0 Å². The van der Waals surface area contributed by atoms with Crippen LogP contribution in [0, 0.1) is 5.92 Å². The lowest BCUT2D eigenvalue weighted by Gasteiger charge is -2.28. The van der Waals surface area contributed by atoms with Crippen molar-refractivity contribution < 1.29 is 14.3 Å². The fourth-order valence-electron chi connectivity index (χ4n) is 4.09. The fourth-order valence-corrected chi connectivity index (χ4v) is 4.09. The summed E-state index contributed by atoms with van der Waals surface area (Å²) in [6.07, 6.45) is 6.48. The first-order chi connectivity index (χ1) is 16.3. The number of pyridine rings is 1. The number of nitrogens with zero attached hydrogens (tertiary/aromatic N) is 6. The second-order valence-electron chi connectivity index (χ2n) is 9.62. The number of aliphatic imine (C=N–C) groups is 1. The molecule has 2 N–H and O–H groups in total. The summed E-state index contributed by atoms with van der Waals surface area (Å²) in [6, 6.07) is 3.76. The average molecular weight is 468 g/mol. The number of fused-ring (bicyclic) bond motifs is 1. The predicted molar refractivity (Wildman–Crippen MR) is 131 cm³/mol. The van der Waals surface area contributed by atoms with Crippen LogP contribution < -0.4 is 10.6 Å². The Morgan fingerprint density at radius 2 is 2.09 bits per heavy atom. The van der Waals surface area contributed by atoms with Crippen LogP contribution >= 0.6 is 0 Å². The molecule has 34 heavy (non-hydrogen) atoms. The number of hydrogen-bond acceptors (Lipinski definition) is 9. The third-order valence-corrected chi connectivity index (χ3v) is 5.68. The molecule has 182 valence electrons. The number of aromatic nitrogens is 3. The van der Waals surface area contributed by atoms with E-state index in [-0.39, 0.29) is 6.09 Å². The maximum Gasteiger partial charge on any atom is 0.410 e. The van der Waals surface area contributed by atoms with Gasteiger partial charge in [0.25, 0.3) is 5.95 Å². The van der Waals surface area contributed by atoms with Crippen molar-refractivity contribution in [3.8, 4) is 0 Å². The Hall–Kier alpha value is -3.27. The highest BCUT2D eigenvalue weighted by molar-refractivity contribution is 5.87. The zero-order chi connectivity index (χ0) is 24.1. The fraction of sp³-hybridized carbons (Fsp3) is 0.542. The maximum atomic E-state index is 12.3. The van der Waals surface area contributed by atoms with Gasteiger partial charge in [0, 0.05) is 44.3 Å². The Balaban J connectivity index is 1.40. The number of carbonyl (C=O) groups excluding carboxylic acids is 1. The molecule has 0 radical (unpaired) electrons. The summed E-state index contributed by atoms with van der Waals surface area (Å²) in [5.74, 6) is 1.43. The predicted octanol–water partition coefficient (Wildman–Crippen LogP) is 3.05. The van der Waals surface area contributed by atoms with E-state index >= 15 is 0 Å². The van der Waals surface area contributed by atoms with Crippen LogP contribution in [-0.2, 0) is 9.47 Å². The van der Waals surface area contributed by atoms with Gasteiger partial charge in [-0.05, 0) is 57.7 Å². The van der Waals surface area contributed by atoms with Gasteiger partial charge in [0.1, 0.15) is 11.1 Å². The van der Waals surface area contributed by atoms with Crippen LogP contribution in [0.5, 0.6) is 0 Å². The number of likely N-dealkylation sites (tertiary alicyclic amines) is 1. The Kier molecular flexibility index (Phi) is 7.26.